The minimum Gasteiger partial charge on any atom is -0.506 e. The molecule has 0 aliphatic rings. The zero-order valence-corrected chi connectivity index (χ0v) is 10.7. The summed E-state index contributed by atoms with van der Waals surface area (Å²) < 4.78 is 18.2. The molecule has 0 radical (unpaired) electrons. The van der Waals surface area contributed by atoms with E-state index in [4.69, 9.17) is 4.52 Å². The molecule has 0 unspecified atom stereocenters. The van der Waals surface area contributed by atoms with E-state index >= 15 is 0 Å². The lowest BCUT2D eigenvalue weighted by atomic mass is 10.1. The van der Waals surface area contributed by atoms with Gasteiger partial charge in [0.05, 0.1) is 11.1 Å². The fourth-order valence-electron chi connectivity index (χ4n) is 1.91. The van der Waals surface area contributed by atoms with Gasteiger partial charge >= 0.3 is 0 Å². The minimum absolute atomic E-state index is 0.121. The first kappa shape index (κ1) is 13.0. The normalized spacial score (nSPS) is 10.5. The molecule has 0 aliphatic carbocycles. The van der Waals surface area contributed by atoms with E-state index in [9.17, 15) is 14.3 Å². The van der Waals surface area contributed by atoms with Crippen molar-refractivity contribution < 1.29 is 18.8 Å². The molecular formula is C15H9FN2O3. The van der Waals surface area contributed by atoms with Gasteiger partial charge in [-0.1, -0.05) is 17.3 Å². The SMILES string of the molecule is O=Cc1cccc(-c2noc(-c3cccc(F)c3)n2)c1O. The van der Waals surface area contributed by atoms with E-state index in [1.807, 2.05) is 0 Å². The monoisotopic (exact) mass is 284 g/mol. The van der Waals surface area contributed by atoms with Crippen LogP contribution in [-0.2, 0) is 0 Å². The van der Waals surface area contributed by atoms with Crippen molar-refractivity contribution in [3.63, 3.8) is 0 Å². The van der Waals surface area contributed by atoms with Gasteiger partial charge in [-0.05, 0) is 30.3 Å². The number of aldehydes is 1. The highest BCUT2D eigenvalue weighted by Gasteiger charge is 2.15. The molecule has 0 saturated heterocycles. The Morgan fingerprint density at radius 3 is 2.76 bits per heavy atom. The Bertz CT molecular complexity index is 814. The van der Waals surface area contributed by atoms with E-state index < -0.39 is 5.82 Å². The first-order chi connectivity index (χ1) is 10.2. The molecule has 1 heterocycles. The van der Waals surface area contributed by atoms with Crippen LogP contribution < -0.4 is 0 Å². The van der Waals surface area contributed by atoms with Gasteiger partial charge in [-0.3, -0.25) is 4.79 Å². The fraction of sp³-hybridized carbons (Fsp3) is 0. The van der Waals surface area contributed by atoms with Gasteiger partial charge < -0.3 is 9.63 Å². The van der Waals surface area contributed by atoms with Gasteiger partial charge in [0.2, 0.25) is 5.82 Å². The molecule has 0 atom stereocenters. The molecule has 0 spiro atoms. The zero-order valence-electron chi connectivity index (χ0n) is 10.7. The lowest BCUT2D eigenvalue weighted by Crippen LogP contribution is -1.87. The summed E-state index contributed by atoms with van der Waals surface area (Å²) in [4.78, 5) is 14.9. The number of benzene rings is 2. The first-order valence-electron chi connectivity index (χ1n) is 6.06. The van der Waals surface area contributed by atoms with Crippen LogP contribution in [0.25, 0.3) is 22.8 Å². The van der Waals surface area contributed by atoms with E-state index in [1.54, 1.807) is 18.2 Å². The molecule has 104 valence electrons. The van der Waals surface area contributed by atoms with Crippen LogP contribution in [0, 0.1) is 5.82 Å². The summed E-state index contributed by atoms with van der Waals surface area (Å²) in [6.45, 7) is 0. The number of nitrogens with zero attached hydrogens (tertiary/aromatic N) is 2. The average molecular weight is 284 g/mol. The van der Waals surface area contributed by atoms with Crippen LogP contribution >= 0.6 is 0 Å². The molecule has 6 heteroatoms. The van der Waals surface area contributed by atoms with Crippen molar-refractivity contribution in [2.45, 2.75) is 0 Å². The van der Waals surface area contributed by atoms with Crippen molar-refractivity contribution in [1.82, 2.24) is 10.1 Å². The van der Waals surface area contributed by atoms with E-state index in [0.717, 1.165) is 0 Å². The Labute approximate surface area is 118 Å². The number of aromatic hydroxyl groups is 1. The minimum atomic E-state index is -0.418. The number of hydrogen-bond acceptors (Lipinski definition) is 5. The second kappa shape index (κ2) is 5.16. The summed E-state index contributed by atoms with van der Waals surface area (Å²) in [7, 11) is 0. The number of carbonyl (C=O) groups is 1. The highest BCUT2D eigenvalue weighted by Crippen LogP contribution is 2.30. The molecule has 0 aliphatic heterocycles. The summed E-state index contributed by atoms with van der Waals surface area (Å²) in [6, 6.07) is 10.3. The maximum atomic E-state index is 13.2. The predicted octanol–water partition coefficient (Wildman–Crippen LogP) is 3.06. The molecule has 0 fully saturated rings. The molecule has 0 saturated carbocycles. The summed E-state index contributed by atoms with van der Waals surface area (Å²) in [6.07, 6.45) is 0.534. The van der Waals surface area contributed by atoms with Gasteiger partial charge in [-0.2, -0.15) is 4.98 Å². The molecule has 0 bridgehead atoms. The summed E-state index contributed by atoms with van der Waals surface area (Å²) >= 11 is 0. The maximum Gasteiger partial charge on any atom is 0.258 e. The largest absolute Gasteiger partial charge is 0.506 e. The molecule has 1 aromatic heterocycles. The first-order valence-corrected chi connectivity index (χ1v) is 6.06. The number of phenolic OH excluding ortho intramolecular Hbond substituents is 1. The Morgan fingerprint density at radius 1 is 1.19 bits per heavy atom. The Morgan fingerprint density at radius 2 is 2.00 bits per heavy atom. The van der Waals surface area contributed by atoms with E-state index in [1.165, 1.54) is 24.3 Å². The van der Waals surface area contributed by atoms with Crippen LogP contribution in [0.5, 0.6) is 5.75 Å². The third-order valence-electron chi connectivity index (χ3n) is 2.93. The van der Waals surface area contributed by atoms with Gasteiger partial charge in [-0.25, -0.2) is 4.39 Å². The van der Waals surface area contributed by atoms with E-state index in [-0.39, 0.29) is 28.6 Å². The fourth-order valence-corrected chi connectivity index (χ4v) is 1.91. The predicted molar refractivity (Wildman–Crippen MR) is 72.2 cm³/mol. The Kier molecular flexibility index (Phi) is 3.19. The van der Waals surface area contributed by atoms with Gasteiger partial charge in [-0.15, -0.1) is 0 Å². The van der Waals surface area contributed by atoms with Crippen molar-refractivity contribution in [3.05, 3.63) is 53.8 Å². The lowest BCUT2D eigenvalue weighted by Gasteiger charge is -2.01. The van der Waals surface area contributed by atoms with Gasteiger partial charge in [0.25, 0.3) is 5.89 Å². The van der Waals surface area contributed by atoms with Crippen molar-refractivity contribution >= 4 is 6.29 Å². The Hall–Kier alpha value is -3.02. The molecule has 3 aromatic rings. The highest BCUT2D eigenvalue weighted by molar-refractivity contribution is 5.84. The van der Waals surface area contributed by atoms with Crippen LogP contribution in [0.15, 0.2) is 47.0 Å². The quantitative estimate of drug-likeness (QED) is 0.748. The van der Waals surface area contributed by atoms with Gasteiger partial charge in [0, 0.05) is 5.56 Å². The summed E-state index contributed by atoms with van der Waals surface area (Å²) in [5, 5.41) is 13.7. The number of aromatic nitrogens is 2. The molecular weight excluding hydrogens is 275 g/mol. The topological polar surface area (TPSA) is 76.2 Å². The van der Waals surface area contributed by atoms with Gasteiger partial charge in [0.1, 0.15) is 11.6 Å². The number of rotatable bonds is 3. The van der Waals surface area contributed by atoms with Crippen LogP contribution in [-0.4, -0.2) is 21.5 Å². The lowest BCUT2D eigenvalue weighted by molar-refractivity contribution is 0.112. The van der Waals surface area contributed by atoms with Crippen molar-refractivity contribution in [2.75, 3.05) is 0 Å². The summed E-state index contributed by atoms with van der Waals surface area (Å²) in [5.74, 6) is -0.395. The number of carbonyl (C=O) groups excluding carboxylic acids is 1. The second-order valence-electron chi connectivity index (χ2n) is 4.29. The molecule has 0 amide bonds. The smallest absolute Gasteiger partial charge is 0.258 e. The molecule has 2 aromatic carbocycles. The molecule has 1 N–H and O–H groups in total. The third kappa shape index (κ3) is 2.38. The Balaban J connectivity index is 2.05. The average Bonchev–Trinajstić information content (AvgIpc) is 2.97. The summed E-state index contributed by atoms with van der Waals surface area (Å²) in [5.41, 5.74) is 0.829. The highest BCUT2D eigenvalue weighted by atomic mass is 19.1. The molecule has 3 rings (SSSR count). The van der Waals surface area contributed by atoms with Crippen LogP contribution in [0.1, 0.15) is 10.4 Å². The van der Waals surface area contributed by atoms with E-state index in [2.05, 4.69) is 10.1 Å². The standard InChI is InChI=1S/C15H9FN2O3/c16-11-5-1-3-9(7-11)15-17-14(18-21-15)12-6-2-4-10(8-19)13(12)20/h1-8,20H. The number of hydrogen-bond donors (Lipinski definition) is 1. The van der Waals surface area contributed by atoms with Crippen LogP contribution in [0.4, 0.5) is 4.39 Å². The van der Waals surface area contributed by atoms with Crippen molar-refractivity contribution in [1.29, 1.82) is 0 Å². The number of halogens is 1. The number of phenols is 1. The molecule has 21 heavy (non-hydrogen) atoms. The van der Waals surface area contributed by atoms with E-state index in [0.29, 0.717) is 11.8 Å². The van der Waals surface area contributed by atoms with Crippen molar-refractivity contribution in [3.8, 4) is 28.6 Å². The second-order valence-corrected chi connectivity index (χ2v) is 4.29. The maximum absolute atomic E-state index is 13.2. The van der Waals surface area contributed by atoms with Crippen LogP contribution in [0.2, 0.25) is 0 Å². The van der Waals surface area contributed by atoms with Crippen molar-refractivity contribution in [2.24, 2.45) is 0 Å². The molecule has 5 nitrogen and oxygen atoms in total. The zero-order chi connectivity index (χ0) is 14.8. The van der Waals surface area contributed by atoms with Crippen LogP contribution in [0.3, 0.4) is 0 Å². The van der Waals surface area contributed by atoms with Gasteiger partial charge in [0.15, 0.2) is 6.29 Å². The third-order valence-corrected chi connectivity index (χ3v) is 2.93. The number of para-hydroxylation sites is 1.